The van der Waals surface area contributed by atoms with Crippen LogP contribution in [0, 0.1) is 11.8 Å². The number of amides is 2. The second-order valence-electron chi connectivity index (χ2n) is 29.5. The van der Waals surface area contributed by atoms with Crippen molar-refractivity contribution in [1.29, 1.82) is 0 Å². The molecule has 4 bridgehead atoms. The van der Waals surface area contributed by atoms with Crippen molar-refractivity contribution in [3.63, 3.8) is 0 Å². The number of esters is 3. The number of hydrogen-bond donors (Lipinski definition) is 5. The maximum Gasteiger partial charge on any atom is 0.417 e. The highest BCUT2D eigenvalue weighted by Crippen LogP contribution is 2.57. The predicted molar refractivity (Wildman–Crippen MR) is 383 cm³/mol. The molecule has 21 heteroatoms. The minimum absolute atomic E-state index is 0.173. The van der Waals surface area contributed by atoms with Crippen molar-refractivity contribution in [3.8, 4) is 11.5 Å². The van der Waals surface area contributed by atoms with Gasteiger partial charge >= 0.3 is 36.1 Å². The number of carbonyl (C=O) groups excluding carboxylic acids is 6. The lowest BCUT2D eigenvalue weighted by molar-refractivity contribution is -0.134. The van der Waals surface area contributed by atoms with Crippen LogP contribution in [0.1, 0.15) is 197 Å². The highest BCUT2D eigenvalue weighted by molar-refractivity contribution is 5.93. The summed E-state index contributed by atoms with van der Waals surface area (Å²) < 4.78 is 27.1. The number of likely N-dealkylation sites (tertiary alicyclic amines) is 2. The Bertz CT molecular complexity index is 3940. The molecule has 6 atom stereocenters. The lowest BCUT2D eigenvalue weighted by Crippen LogP contribution is -2.59. The number of carbonyl (C=O) groups is 7. The number of nitrogens with two attached hydrogens (primary N) is 1. The summed E-state index contributed by atoms with van der Waals surface area (Å²) in [5.41, 5.74) is 13.7. The monoisotopic (exact) mass is 1370 g/mol. The molecule has 6 aromatic rings. The Morgan fingerprint density at radius 2 is 0.860 bits per heavy atom. The number of hydrogen-bond acceptors (Lipinski definition) is 17. The number of benzene rings is 6. The van der Waals surface area contributed by atoms with Crippen LogP contribution >= 0.6 is 0 Å². The molecule has 4 aliphatic carbocycles. The van der Waals surface area contributed by atoms with Gasteiger partial charge in [0.15, 0.2) is 0 Å². The molecule has 4 fully saturated rings. The zero-order valence-corrected chi connectivity index (χ0v) is 59.5. The molecule has 2 amide bonds. The Morgan fingerprint density at radius 3 is 1.21 bits per heavy atom. The summed E-state index contributed by atoms with van der Waals surface area (Å²) in [6, 6.07) is 39.1. The zero-order valence-electron chi connectivity index (χ0n) is 59.5. The molecule has 2 aliphatic heterocycles. The van der Waals surface area contributed by atoms with E-state index >= 15 is 0 Å². The maximum atomic E-state index is 12.7. The van der Waals surface area contributed by atoms with Crippen molar-refractivity contribution in [1.82, 2.24) is 9.80 Å². The molecule has 12 rings (SSSR count). The topological polar surface area (TPSA) is 292 Å². The average Bonchev–Trinajstić information content (AvgIpc) is 0.725. The molecule has 100 heavy (non-hydrogen) atoms. The molecular formula is C79H96N6O15. The predicted octanol–water partition coefficient (Wildman–Crippen LogP) is 15.5. The van der Waals surface area contributed by atoms with Crippen LogP contribution in [-0.4, -0.2) is 124 Å². The van der Waals surface area contributed by atoms with Crippen molar-refractivity contribution in [2.45, 2.75) is 186 Å². The fourth-order valence-corrected chi connectivity index (χ4v) is 14.7. The van der Waals surface area contributed by atoms with E-state index in [1.165, 1.54) is 105 Å². The van der Waals surface area contributed by atoms with Crippen molar-refractivity contribution in [3.05, 3.63) is 178 Å². The first-order valence-electron chi connectivity index (χ1n) is 34.2. The number of likely N-dealkylation sites (N-methyl/N-ethyl adjacent to an activating group) is 2. The normalized spacial score (nSPS) is 20.8. The number of fused-ring (bicyclic) bond motifs is 2. The molecule has 2 saturated heterocycles. The zero-order chi connectivity index (χ0) is 72.9. The largest absolute Gasteiger partial charge is 0.481 e. The molecule has 2 saturated carbocycles. The summed E-state index contributed by atoms with van der Waals surface area (Å²) in [6.45, 7) is 19.7. The molecule has 6 aromatic carbocycles. The Hall–Kier alpha value is -9.69. The third-order valence-corrected chi connectivity index (χ3v) is 19.0. The number of isocyanates is 1. The minimum atomic E-state index is -1.00. The van der Waals surface area contributed by atoms with E-state index in [4.69, 9.17) is 44.4 Å². The van der Waals surface area contributed by atoms with Crippen LogP contribution in [0.4, 0.5) is 32.3 Å². The van der Waals surface area contributed by atoms with E-state index in [0.717, 1.165) is 32.9 Å². The first kappa shape index (κ1) is 76.1. The lowest BCUT2D eigenvalue weighted by atomic mass is 9.52. The standard InChI is InChI=1S/C29H36N2O4.C25H28N2O4.C12H13NO3.C11H15NO2.C2H4O2/c1-28(2,3)35-26(32)19-8-11-21(12-9-19)30-27(33)34-22-13-10-20-17-25-23-7-5-6-14-29(23,24(20)18-22)15-16-31(25)4;1-27-13-12-25-11-3-2-4-20(25)22(27)14-17-7-10-19(15-21(17)25)31-24(30)26-18-8-5-16(6-9-18)23(28)29;1-12(2,3)16-11(15)9-4-6-10(7-5-9)13-8-14;1-11(2,3)14-10(13)8-4-6-9(12)7-5-8;1-2(3)4/h8-13,18,23,25H,5-7,14-17H2,1-4H3,(H,30,33);5-10,15,20,22H,2-4,11-14H2,1H3,(H,26,30)(H,28,29);4-7H,1-3H3;4-7H,12H2,1-3H3;1H3,(H,3,4)/t23-,25+,29+;20-,22+,25+;;;/m00.../s1. The minimum Gasteiger partial charge on any atom is -0.481 e. The van der Waals surface area contributed by atoms with Crippen molar-refractivity contribution in [2.24, 2.45) is 16.8 Å². The van der Waals surface area contributed by atoms with Crippen LogP contribution in [0.15, 0.2) is 138 Å². The molecule has 0 unspecified atom stereocenters. The molecule has 0 aromatic heterocycles. The molecule has 6 aliphatic rings. The smallest absolute Gasteiger partial charge is 0.417 e. The number of aliphatic carboxylic acids is 1. The quantitative estimate of drug-likeness (QED) is 0.0295. The summed E-state index contributed by atoms with van der Waals surface area (Å²) in [7, 11) is 4.54. The van der Waals surface area contributed by atoms with Gasteiger partial charge in [0.25, 0.3) is 5.97 Å². The van der Waals surface area contributed by atoms with Crippen LogP contribution in [0.3, 0.4) is 0 Å². The van der Waals surface area contributed by atoms with Gasteiger partial charge in [-0.1, -0.05) is 37.8 Å². The number of nitrogens with one attached hydrogen (secondary N) is 2. The number of carboxylic acid groups (broad SMARTS) is 2. The van der Waals surface area contributed by atoms with Crippen molar-refractivity contribution < 1.29 is 72.3 Å². The Kier molecular flexibility index (Phi) is 24.8. The van der Waals surface area contributed by atoms with E-state index in [0.29, 0.717) is 74.9 Å². The van der Waals surface area contributed by atoms with Crippen LogP contribution in [0.2, 0.25) is 0 Å². The van der Waals surface area contributed by atoms with E-state index in [9.17, 15) is 33.6 Å². The average molecular weight is 1370 g/mol. The number of aromatic carboxylic acids is 1. The molecule has 2 heterocycles. The van der Waals surface area contributed by atoms with Crippen LogP contribution in [0.25, 0.3) is 0 Å². The van der Waals surface area contributed by atoms with Gasteiger partial charge in [-0.05, 0) is 296 Å². The molecule has 532 valence electrons. The van der Waals surface area contributed by atoms with E-state index in [-0.39, 0.29) is 22.4 Å². The fourth-order valence-electron chi connectivity index (χ4n) is 14.7. The second-order valence-corrected chi connectivity index (χ2v) is 29.5. The van der Waals surface area contributed by atoms with Gasteiger partial charge < -0.3 is 49.4 Å². The number of nitrogen functional groups attached to an aromatic ring is 1. The van der Waals surface area contributed by atoms with Crippen LogP contribution in [0.5, 0.6) is 11.5 Å². The van der Waals surface area contributed by atoms with Gasteiger partial charge in [0.05, 0.1) is 27.9 Å². The lowest BCUT2D eigenvalue weighted by Gasteiger charge is -2.58. The molecule has 0 spiro atoms. The maximum absolute atomic E-state index is 12.7. The summed E-state index contributed by atoms with van der Waals surface area (Å²) in [5, 5.41) is 21.9. The van der Waals surface area contributed by atoms with E-state index in [1.807, 2.05) is 53.7 Å². The third kappa shape index (κ3) is 20.3. The Balaban J connectivity index is 0.000000177. The highest BCUT2D eigenvalue weighted by Gasteiger charge is 2.54. The van der Waals surface area contributed by atoms with Gasteiger partial charge in [-0.2, -0.15) is 4.99 Å². The number of nitrogens with zero attached hydrogens (tertiary/aromatic N) is 3. The number of carboxylic acids is 2. The Morgan fingerprint density at radius 1 is 0.510 bits per heavy atom. The third-order valence-electron chi connectivity index (χ3n) is 19.0. The van der Waals surface area contributed by atoms with Gasteiger partial charge in [0, 0.05) is 46.9 Å². The summed E-state index contributed by atoms with van der Waals surface area (Å²) in [6.07, 6.45) is 15.0. The first-order valence-corrected chi connectivity index (χ1v) is 34.2. The van der Waals surface area contributed by atoms with Gasteiger partial charge in [-0.15, -0.1) is 0 Å². The number of piperidine rings is 2. The fraction of sp³-hybridized carbons (Fsp3) is 0.443. The van der Waals surface area contributed by atoms with Gasteiger partial charge in [-0.3, -0.25) is 15.4 Å². The van der Waals surface area contributed by atoms with Crippen molar-refractivity contribution >= 4 is 70.9 Å². The summed E-state index contributed by atoms with van der Waals surface area (Å²) in [4.78, 5) is 98.9. The highest BCUT2D eigenvalue weighted by atomic mass is 16.6. The van der Waals surface area contributed by atoms with Crippen LogP contribution < -0.4 is 25.8 Å². The SMILES string of the molecule is CC(=O)O.CC(C)(C)OC(=O)c1ccc(N)cc1.CC(C)(C)OC(=O)c1ccc(N=C=O)cc1.CN1CC[C@]23CCCC[C@H]2[C@H]1Cc1ccc(OC(=O)Nc2ccc(C(=O)O)cc2)cc13.CN1CC[C@]23CCCC[C@H]2[C@H]1Cc1ccc(OC(=O)Nc2ccc(C(=O)OC(C)(C)C)cc2)cc13. The number of anilines is 3. The van der Waals surface area contributed by atoms with Gasteiger partial charge in [0.2, 0.25) is 6.08 Å². The van der Waals surface area contributed by atoms with Crippen molar-refractivity contribution in [2.75, 3.05) is 43.6 Å². The molecule has 21 nitrogen and oxygen atoms in total. The van der Waals surface area contributed by atoms with E-state index in [2.05, 4.69) is 63.8 Å². The molecular weight excluding hydrogens is 1270 g/mol. The number of rotatable bonds is 9. The van der Waals surface area contributed by atoms with E-state index < -0.39 is 52.9 Å². The first-order chi connectivity index (χ1) is 47.1. The Labute approximate surface area is 586 Å². The van der Waals surface area contributed by atoms with Gasteiger partial charge in [0.1, 0.15) is 28.3 Å². The van der Waals surface area contributed by atoms with Gasteiger partial charge in [-0.25, -0.2) is 33.6 Å². The molecule has 6 N–H and O–H groups in total. The number of aliphatic imine (C=N–C) groups is 1. The van der Waals surface area contributed by atoms with Crippen LogP contribution in [-0.2, 0) is 47.5 Å². The second kappa shape index (κ2) is 32.5. The summed E-state index contributed by atoms with van der Waals surface area (Å²) >= 11 is 0. The summed E-state index contributed by atoms with van der Waals surface area (Å²) in [5.74, 6) is -0.417. The molecule has 0 radical (unpaired) electrons. The number of ether oxygens (including phenoxy) is 5. The van der Waals surface area contributed by atoms with E-state index in [1.54, 1.807) is 106 Å².